The second-order valence-electron chi connectivity index (χ2n) is 7.56. The minimum Gasteiger partial charge on any atom is -0.460 e. The first-order valence-corrected chi connectivity index (χ1v) is 9.72. The fourth-order valence-corrected chi connectivity index (χ4v) is 4.04. The highest BCUT2D eigenvalue weighted by molar-refractivity contribution is 5.14. The van der Waals surface area contributed by atoms with Crippen molar-refractivity contribution in [1.82, 2.24) is 19.8 Å². The molecule has 0 radical (unpaired) electrons. The third-order valence-electron chi connectivity index (χ3n) is 5.52. The van der Waals surface area contributed by atoms with E-state index < -0.39 is 0 Å². The summed E-state index contributed by atoms with van der Waals surface area (Å²) < 4.78 is 5.96. The molecule has 0 N–H and O–H groups in total. The number of nitrogens with zero attached hydrogens (tertiary/aromatic N) is 4. The van der Waals surface area contributed by atoms with Crippen LogP contribution in [0.5, 0.6) is 6.01 Å². The van der Waals surface area contributed by atoms with Crippen LogP contribution in [-0.4, -0.2) is 58.1 Å². The summed E-state index contributed by atoms with van der Waals surface area (Å²) in [6, 6.07) is 12.0. The zero-order chi connectivity index (χ0) is 17.8. The lowest BCUT2D eigenvalue weighted by Gasteiger charge is -2.35. The van der Waals surface area contributed by atoms with Gasteiger partial charge in [0.2, 0.25) is 0 Å². The lowest BCUT2D eigenvalue weighted by molar-refractivity contribution is 0.0708. The first-order valence-electron chi connectivity index (χ1n) is 9.72. The number of aryl methyl sites for hydroxylation is 1. The Balaban J connectivity index is 1.23. The largest absolute Gasteiger partial charge is 0.460 e. The predicted molar refractivity (Wildman–Crippen MR) is 102 cm³/mol. The molecule has 138 valence electrons. The zero-order valence-corrected chi connectivity index (χ0v) is 15.6. The average Bonchev–Trinajstić information content (AvgIpc) is 3.13. The molecule has 3 heterocycles. The lowest BCUT2D eigenvalue weighted by atomic mass is 10.1. The quantitative estimate of drug-likeness (QED) is 0.828. The predicted octanol–water partition coefficient (Wildman–Crippen LogP) is 2.90. The van der Waals surface area contributed by atoms with Gasteiger partial charge in [-0.3, -0.25) is 9.80 Å². The van der Waals surface area contributed by atoms with Crippen LogP contribution >= 0.6 is 0 Å². The second-order valence-corrected chi connectivity index (χ2v) is 7.56. The molecule has 4 rings (SSSR count). The summed E-state index contributed by atoms with van der Waals surface area (Å²) in [4.78, 5) is 13.8. The topological polar surface area (TPSA) is 41.5 Å². The molecule has 1 aromatic heterocycles. The molecule has 0 aliphatic carbocycles. The van der Waals surface area contributed by atoms with Crippen LogP contribution in [-0.2, 0) is 6.54 Å². The first-order chi connectivity index (χ1) is 12.8. The zero-order valence-electron chi connectivity index (χ0n) is 15.6. The molecule has 2 aromatic rings. The number of benzene rings is 1. The minimum absolute atomic E-state index is 0.246. The van der Waals surface area contributed by atoms with Gasteiger partial charge in [-0.25, -0.2) is 9.97 Å². The molecule has 0 bridgehead atoms. The normalized spacial score (nSPS) is 22.6. The Morgan fingerprint density at radius 1 is 1.00 bits per heavy atom. The Kier molecular flexibility index (Phi) is 5.46. The van der Waals surface area contributed by atoms with Gasteiger partial charge >= 0.3 is 6.01 Å². The van der Waals surface area contributed by atoms with E-state index in [1.54, 1.807) is 0 Å². The Bertz CT molecular complexity index is 683. The van der Waals surface area contributed by atoms with Crippen molar-refractivity contribution in [3.63, 3.8) is 0 Å². The van der Waals surface area contributed by atoms with E-state index in [9.17, 15) is 0 Å². The van der Waals surface area contributed by atoms with Crippen molar-refractivity contribution in [3.05, 3.63) is 53.9 Å². The molecule has 1 aromatic carbocycles. The van der Waals surface area contributed by atoms with Crippen LogP contribution < -0.4 is 4.74 Å². The van der Waals surface area contributed by atoms with Gasteiger partial charge in [0.25, 0.3) is 0 Å². The molecule has 1 unspecified atom stereocenters. The summed E-state index contributed by atoms with van der Waals surface area (Å²) in [6.45, 7) is 7.67. The number of piperidine rings is 1. The van der Waals surface area contributed by atoms with Crippen LogP contribution in [0.15, 0.2) is 42.7 Å². The van der Waals surface area contributed by atoms with E-state index in [-0.39, 0.29) is 6.10 Å². The van der Waals surface area contributed by atoms with Crippen LogP contribution in [0, 0.1) is 6.92 Å². The van der Waals surface area contributed by atoms with Gasteiger partial charge in [-0.2, -0.15) is 0 Å². The number of likely N-dealkylation sites (tertiary alicyclic amines) is 2. The van der Waals surface area contributed by atoms with Crippen LogP contribution in [0.3, 0.4) is 0 Å². The number of hydrogen-bond donors (Lipinski definition) is 0. The summed E-state index contributed by atoms with van der Waals surface area (Å²) in [5, 5.41) is 0. The summed E-state index contributed by atoms with van der Waals surface area (Å²) in [6.07, 6.45) is 7.28. The van der Waals surface area contributed by atoms with Crippen molar-refractivity contribution in [2.45, 2.75) is 44.9 Å². The molecular weight excluding hydrogens is 324 g/mol. The molecule has 2 aliphatic heterocycles. The molecule has 5 nitrogen and oxygen atoms in total. The van der Waals surface area contributed by atoms with Gasteiger partial charge in [-0.05, 0) is 37.3 Å². The summed E-state index contributed by atoms with van der Waals surface area (Å²) in [5.74, 6) is 0. The van der Waals surface area contributed by atoms with E-state index in [1.807, 2.05) is 19.3 Å². The van der Waals surface area contributed by atoms with E-state index in [4.69, 9.17) is 4.74 Å². The van der Waals surface area contributed by atoms with Crippen molar-refractivity contribution < 1.29 is 4.74 Å². The van der Waals surface area contributed by atoms with Gasteiger partial charge in [-0.15, -0.1) is 0 Å². The van der Waals surface area contributed by atoms with E-state index in [1.165, 1.54) is 25.1 Å². The molecular formula is C21H28N4O. The van der Waals surface area contributed by atoms with E-state index in [0.717, 1.165) is 38.0 Å². The summed E-state index contributed by atoms with van der Waals surface area (Å²) >= 11 is 0. The van der Waals surface area contributed by atoms with Gasteiger partial charge in [0.1, 0.15) is 6.10 Å². The second kappa shape index (κ2) is 8.14. The first kappa shape index (κ1) is 17.4. The Morgan fingerprint density at radius 3 is 2.46 bits per heavy atom. The maximum atomic E-state index is 5.96. The average molecular weight is 352 g/mol. The van der Waals surface area contributed by atoms with Crippen LogP contribution in [0.1, 0.15) is 30.4 Å². The van der Waals surface area contributed by atoms with Crippen molar-refractivity contribution in [2.75, 3.05) is 26.2 Å². The van der Waals surface area contributed by atoms with E-state index in [0.29, 0.717) is 12.1 Å². The molecule has 0 spiro atoms. The minimum atomic E-state index is 0.246. The Hall–Kier alpha value is -1.98. The molecule has 26 heavy (non-hydrogen) atoms. The fourth-order valence-electron chi connectivity index (χ4n) is 4.04. The van der Waals surface area contributed by atoms with Crippen LogP contribution in [0.2, 0.25) is 0 Å². The highest BCUT2D eigenvalue weighted by Gasteiger charge is 2.31. The highest BCUT2D eigenvalue weighted by atomic mass is 16.5. The molecule has 1 atom stereocenters. The molecule has 2 aliphatic rings. The van der Waals surface area contributed by atoms with Gasteiger partial charge < -0.3 is 4.74 Å². The maximum Gasteiger partial charge on any atom is 0.316 e. The Labute approximate surface area is 156 Å². The van der Waals surface area contributed by atoms with Crippen molar-refractivity contribution in [1.29, 1.82) is 0 Å². The fraction of sp³-hybridized carbons (Fsp3) is 0.524. The standard InChI is InChI=1S/C21H28N4O/c1-17-13-22-21(23-14-17)26-20-8-11-25(12-9-20)19-7-10-24(16-19)15-18-5-3-2-4-6-18/h2-6,13-14,19-20H,7-12,15-16H2,1H3. The third kappa shape index (κ3) is 4.40. The van der Waals surface area contributed by atoms with Crippen molar-refractivity contribution >= 4 is 0 Å². The summed E-state index contributed by atoms with van der Waals surface area (Å²) in [5.41, 5.74) is 2.48. The number of ether oxygens (including phenoxy) is 1. The molecule has 0 saturated carbocycles. The van der Waals surface area contributed by atoms with E-state index in [2.05, 4.69) is 50.1 Å². The molecule has 0 amide bonds. The van der Waals surface area contributed by atoms with Crippen molar-refractivity contribution in [3.8, 4) is 6.01 Å². The van der Waals surface area contributed by atoms with Crippen LogP contribution in [0.4, 0.5) is 0 Å². The Morgan fingerprint density at radius 2 is 1.73 bits per heavy atom. The van der Waals surface area contributed by atoms with Gasteiger partial charge in [0.15, 0.2) is 0 Å². The number of rotatable bonds is 5. The smallest absolute Gasteiger partial charge is 0.316 e. The van der Waals surface area contributed by atoms with Crippen LogP contribution in [0.25, 0.3) is 0 Å². The molecule has 5 heteroatoms. The number of hydrogen-bond acceptors (Lipinski definition) is 5. The van der Waals surface area contributed by atoms with E-state index >= 15 is 0 Å². The number of aromatic nitrogens is 2. The maximum absolute atomic E-state index is 5.96. The van der Waals surface area contributed by atoms with Gasteiger partial charge in [-0.1, -0.05) is 30.3 Å². The molecule has 2 fully saturated rings. The van der Waals surface area contributed by atoms with Gasteiger partial charge in [0.05, 0.1) is 0 Å². The van der Waals surface area contributed by atoms with Gasteiger partial charge in [0, 0.05) is 51.2 Å². The lowest BCUT2D eigenvalue weighted by Crippen LogP contribution is -2.45. The highest BCUT2D eigenvalue weighted by Crippen LogP contribution is 2.23. The monoisotopic (exact) mass is 352 g/mol. The molecule has 2 saturated heterocycles. The third-order valence-corrected chi connectivity index (χ3v) is 5.52. The SMILES string of the molecule is Cc1cnc(OC2CCN(C3CCN(Cc4ccccc4)C3)CC2)nc1. The van der Waals surface area contributed by atoms with Crippen molar-refractivity contribution in [2.24, 2.45) is 0 Å². The summed E-state index contributed by atoms with van der Waals surface area (Å²) in [7, 11) is 0.